The number of hydrogen-bond acceptors (Lipinski definition) is 7. The lowest BCUT2D eigenvalue weighted by molar-refractivity contribution is -0.139. The summed E-state index contributed by atoms with van der Waals surface area (Å²) in [6.45, 7) is 10.7. The average Bonchev–Trinajstić information content (AvgIpc) is 3.07. The van der Waals surface area contributed by atoms with Crippen LogP contribution in [-0.4, -0.2) is 75.5 Å². The monoisotopic (exact) mass is 461 g/mol. The summed E-state index contributed by atoms with van der Waals surface area (Å²) in [5, 5.41) is 14.4. The molecule has 1 fully saturated rings. The first kappa shape index (κ1) is 26.9. The molecule has 0 aliphatic carbocycles. The Morgan fingerprint density at radius 2 is 1.68 bits per heavy atom. The van der Waals surface area contributed by atoms with Gasteiger partial charge in [-0.2, -0.15) is 0 Å². The van der Waals surface area contributed by atoms with Gasteiger partial charge in [0.2, 0.25) is 5.91 Å². The Bertz CT molecular complexity index is 658. The molecular formula is C20H35N3O7S. The Labute approximate surface area is 187 Å². The van der Waals surface area contributed by atoms with Crippen LogP contribution < -0.4 is 10.6 Å². The number of thioether (sulfide) groups is 1. The highest BCUT2D eigenvalue weighted by atomic mass is 32.2. The molecule has 10 nitrogen and oxygen atoms in total. The second kappa shape index (κ2) is 11.4. The van der Waals surface area contributed by atoms with Crippen LogP contribution in [0, 0.1) is 0 Å². The van der Waals surface area contributed by atoms with E-state index in [0.29, 0.717) is 31.0 Å². The normalized spacial score (nSPS) is 17.6. The summed E-state index contributed by atoms with van der Waals surface area (Å²) in [7, 11) is 0. The van der Waals surface area contributed by atoms with Crippen molar-refractivity contribution in [2.45, 2.75) is 84.1 Å². The van der Waals surface area contributed by atoms with E-state index in [0.717, 1.165) is 0 Å². The third-order valence-electron chi connectivity index (χ3n) is 4.02. The van der Waals surface area contributed by atoms with Crippen molar-refractivity contribution in [1.29, 1.82) is 0 Å². The van der Waals surface area contributed by atoms with Gasteiger partial charge in [0.15, 0.2) is 0 Å². The lowest BCUT2D eigenvalue weighted by Gasteiger charge is -2.27. The van der Waals surface area contributed by atoms with Crippen LogP contribution >= 0.6 is 11.8 Å². The number of rotatable bonds is 8. The molecule has 0 aromatic rings. The predicted octanol–water partition coefficient (Wildman–Crippen LogP) is 2.56. The summed E-state index contributed by atoms with van der Waals surface area (Å²) in [5.41, 5.74) is -1.36. The molecule has 1 aliphatic rings. The van der Waals surface area contributed by atoms with E-state index in [1.165, 1.54) is 16.7 Å². The molecule has 0 unspecified atom stereocenters. The maximum Gasteiger partial charge on any atom is 0.411 e. The molecule has 0 bridgehead atoms. The molecule has 3 N–H and O–H groups in total. The van der Waals surface area contributed by atoms with Crippen LogP contribution in [0.4, 0.5) is 9.59 Å². The minimum Gasteiger partial charge on any atom is -0.480 e. The zero-order valence-corrected chi connectivity index (χ0v) is 20.0. The van der Waals surface area contributed by atoms with Crippen LogP contribution in [-0.2, 0) is 19.1 Å². The molecule has 11 heteroatoms. The molecule has 1 heterocycles. The van der Waals surface area contributed by atoms with E-state index in [2.05, 4.69) is 10.6 Å². The summed E-state index contributed by atoms with van der Waals surface area (Å²) in [4.78, 5) is 49.3. The van der Waals surface area contributed by atoms with Gasteiger partial charge in [0.05, 0.1) is 5.88 Å². The standard InChI is InChI=1S/C20H35N3O7S/c1-19(2,3)29-17(27)22-13(16(25)26)9-7-8-10-21-15(24)14-11-31-12-23(14)18(28)30-20(4,5)6/h13-14H,7-12H2,1-6H3,(H,21,24)(H,22,27)(H,25,26)/t13-,14+/m1/s1. The first-order valence-corrected chi connectivity index (χ1v) is 11.4. The van der Waals surface area contributed by atoms with Crippen molar-refractivity contribution >= 4 is 35.8 Å². The average molecular weight is 462 g/mol. The van der Waals surface area contributed by atoms with E-state index < -0.39 is 41.4 Å². The molecule has 0 aromatic heterocycles. The largest absolute Gasteiger partial charge is 0.480 e. The quantitative estimate of drug-likeness (QED) is 0.470. The summed E-state index contributed by atoms with van der Waals surface area (Å²) < 4.78 is 10.4. The van der Waals surface area contributed by atoms with Crippen molar-refractivity contribution in [3.63, 3.8) is 0 Å². The van der Waals surface area contributed by atoms with Crippen LogP contribution in [0.1, 0.15) is 60.8 Å². The fourth-order valence-electron chi connectivity index (χ4n) is 2.67. The predicted molar refractivity (Wildman–Crippen MR) is 117 cm³/mol. The summed E-state index contributed by atoms with van der Waals surface area (Å²) in [6, 6.07) is -1.67. The zero-order chi connectivity index (χ0) is 23.8. The SMILES string of the molecule is CC(C)(C)OC(=O)N[C@H](CCCCNC(=O)[C@@H]1CSCN1C(=O)OC(C)(C)C)C(=O)O. The van der Waals surface area contributed by atoms with E-state index in [1.54, 1.807) is 41.5 Å². The van der Waals surface area contributed by atoms with Crippen LogP contribution in [0.25, 0.3) is 0 Å². The van der Waals surface area contributed by atoms with Gasteiger partial charge in [0, 0.05) is 12.3 Å². The Balaban J connectivity index is 2.40. The molecule has 1 saturated heterocycles. The van der Waals surface area contributed by atoms with Crippen LogP contribution in [0.2, 0.25) is 0 Å². The second-order valence-corrected chi connectivity index (χ2v) is 10.3. The second-order valence-electron chi connectivity index (χ2n) is 9.29. The molecular weight excluding hydrogens is 426 g/mol. The maximum atomic E-state index is 12.5. The highest BCUT2D eigenvalue weighted by Crippen LogP contribution is 2.23. The smallest absolute Gasteiger partial charge is 0.411 e. The van der Waals surface area contributed by atoms with Crippen molar-refractivity contribution in [3.8, 4) is 0 Å². The first-order chi connectivity index (χ1) is 14.2. The number of aliphatic carboxylic acids is 1. The number of amides is 3. The Morgan fingerprint density at radius 3 is 2.23 bits per heavy atom. The van der Waals surface area contributed by atoms with Gasteiger partial charge in [-0.15, -0.1) is 11.8 Å². The van der Waals surface area contributed by atoms with Crippen molar-refractivity contribution in [2.24, 2.45) is 0 Å². The molecule has 1 rings (SSSR count). The highest BCUT2D eigenvalue weighted by Gasteiger charge is 2.37. The number of ether oxygens (including phenoxy) is 2. The maximum absolute atomic E-state index is 12.5. The zero-order valence-electron chi connectivity index (χ0n) is 19.1. The lowest BCUT2D eigenvalue weighted by Crippen LogP contribution is -2.48. The number of nitrogens with one attached hydrogen (secondary N) is 2. The topological polar surface area (TPSA) is 134 Å². The fourth-order valence-corrected chi connectivity index (χ4v) is 3.81. The lowest BCUT2D eigenvalue weighted by atomic mass is 10.1. The van der Waals surface area contributed by atoms with Gasteiger partial charge in [0.25, 0.3) is 0 Å². The number of hydrogen-bond donors (Lipinski definition) is 3. The molecule has 31 heavy (non-hydrogen) atoms. The summed E-state index contributed by atoms with van der Waals surface area (Å²) >= 11 is 1.48. The third-order valence-corrected chi connectivity index (χ3v) is 5.03. The molecule has 0 saturated carbocycles. The van der Waals surface area contributed by atoms with Crippen molar-refractivity contribution in [2.75, 3.05) is 18.2 Å². The molecule has 3 amide bonds. The number of unbranched alkanes of at least 4 members (excludes halogenated alkanes) is 1. The Hall–Kier alpha value is -2.17. The Kier molecular flexibility index (Phi) is 9.92. The third kappa shape index (κ3) is 10.6. The van der Waals surface area contributed by atoms with E-state index in [1.807, 2.05) is 0 Å². The first-order valence-electron chi connectivity index (χ1n) is 10.3. The van der Waals surface area contributed by atoms with Gasteiger partial charge >= 0.3 is 18.2 Å². The number of carboxylic acids is 1. The summed E-state index contributed by atoms with van der Waals surface area (Å²) in [6.07, 6.45) is -0.0993. The van der Waals surface area contributed by atoms with Gasteiger partial charge in [-0.25, -0.2) is 14.4 Å². The fraction of sp³-hybridized carbons (Fsp3) is 0.800. The van der Waals surface area contributed by atoms with Crippen molar-refractivity contribution < 1.29 is 33.8 Å². The van der Waals surface area contributed by atoms with Crippen molar-refractivity contribution in [3.05, 3.63) is 0 Å². The molecule has 0 radical (unpaired) electrons. The van der Waals surface area contributed by atoms with Gasteiger partial charge in [-0.3, -0.25) is 9.69 Å². The molecule has 0 spiro atoms. The van der Waals surface area contributed by atoms with Gasteiger partial charge < -0.3 is 25.2 Å². The van der Waals surface area contributed by atoms with Gasteiger partial charge in [-0.1, -0.05) is 0 Å². The van der Waals surface area contributed by atoms with Crippen LogP contribution in [0.5, 0.6) is 0 Å². The van der Waals surface area contributed by atoms with E-state index in [4.69, 9.17) is 9.47 Å². The molecule has 2 atom stereocenters. The number of nitrogens with zero attached hydrogens (tertiary/aromatic N) is 1. The van der Waals surface area contributed by atoms with Crippen LogP contribution in [0.15, 0.2) is 0 Å². The number of carbonyl (C=O) groups excluding carboxylic acids is 3. The van der Waals surface area contributed by atoms with E-state index in [-0.39, 0.29) is 12.3 Å². The molecule has 1 aliphatic heterocycles. The molecule has 178 valence electrons. The van der Waals surface area contributed by atoms with Gasteiger partial charge in [-0.05, 0) is 60.8 Å². The number of carbonyl (C=O) groups is 4. The van der Waals surface area contributed by atoms with E-state index >= 15 is 0 Å². The minimum absolute atomic E-state index is 0.202. The molecule has 0 aromatic carbocycles. The van der Waals surface area contributed by atoms with E-state index in [9.17, 15) is 24.3 Å². The van der Waals surface area contributed by atoms with Crippen molar-refractivity contribution in [1.82, 2.24) is 15.5 Å². The van der Waals surface area contributed by atoms with Gasteiger partial charge in [0.1, 0.15) is 23.3 Å². The minimum atomic E-state index is -1.15. The number of carboxylic acid groups (broad SMARTS) is 1. The summed E-state index contributed by atoms with van der Waals surface area (Å²) in [5.74, 6) is -0.529. The highest BCUT2D eigenvalue weighted by molar-refractivity contribution is 7.99. The number of alkyl carbamates (subject to hydrolysis) is 1. The Morgan fingerprint density at radius 1 is 1.06 bits per heavy atom. The van der Waals surface area contributed by atoms with Crippen LogP contribution in [0.3, 0.4) is 0 Å².